The summed E-state index contributed by atoms with van der Waals surface area (Å²) < 4.78 is 5.50. The molecule has 0 radical (unpaired) electrons. The number of aliphatic hydroxyl groups is 1. The van der Waals surface area contributed by atoms with Gasteiger partial charge in [0.25, 0.3) is 0 Å². The van der Waals surface area contributed by atoms with Gasteiger partial charge in [-0.15, -0.1) is 0 Å². The van der Waals surface area contributed by atoms with Crippen molar-refractivity contribution in [3.05, 3.63) is 12.2 Å². The molecule has 0 aromatic rings. The second-order valence-electron chi connectivity index (χ2n) is 18.3. The van der Waals surface area contributed by atoms with Crippen molar-refractivity contribution in [2.24, 2.45) is 0 Å². The van der Waals surface area contributed by atoms with E-state index in [1.807, 2.05) is 0 Å². The molecule has 0 aliphatic carbocycles. The highest BCUT2D eigenvalue weighted by atomic mass is 16.5. The summed E-state index contributed by atoms with van der Waals surface area (Å²) in [6, 6.07) is 0. The Kier molecular flexibility index (Phi) is 52.4. The number of carbonyl (C=O) groups is 1. The number of carbonyl (C=O) groups excluding carboxylic acids is 1. The molecule has 0 aliphatic rings. The van der Waals surface area contributed by atoms with Gasteiger partial charge in [-0.2, -0.15) is 0 Å². The molecular formula is C54H106O3. The smallest absolute Gasteiger partial charge is 0.305 e. The Balaban J connectivity index is 3.15. The van der Waals surface area contributed by atoms with E-state index in [1.54, 1.807) is 0 Å². The molecule has 0 heterocycles. The third-order valence-electron chi connectivity index (χ3n) is 12.5. The topological polar surface area (TPSA) is 46.5 Å². The number of allylic oxidation sites excluding steroid dienone is 2. The zero-order valence-electron chi connectivity index (χ0n) is 39.3. The fourth-order valence-corrected chi connectivity index (χ4v) is 8.47. The molecule has 57 heavy (non-hydrogen) atoms. The summed E-state index contributed by atoms with van der Waals surface area (Å²) in [4.78, 5) is 12.1. The molecular weight excluding hydrogens is 697 g/mol. The molecule has 0 bridgehead atoms. The predicted molar refractivity (Wildman–Crippen MR) is 254 cm³/mol. The summed E-state index contributed by atoms with van der Waals surface area (Å²) >= 11 is 0. The van der Waals surface area contributed by atoms with Crippen molar-refractivity contribution in [2.75, 3.05) is 13.2 Å². The summed E-state index contributed by atoms with van der Waals surface area (Å²) in [6.45, 7) is 3.28. The Hall–Kier alpha value is -0.830. The number of ether oxygens (including phenoxy) is 1. The average molecular weight is 803 g/mol. The van der Waals surface area contributed by atoms with Gasteiger partial charge < -0.3 is 9.84 Å². The van der Waals surface area contributed by atoms with Gasteiger partial charge >= 0.3 is 5.97 Å². The number of aliphatic hydroxyl groups excluding tert-OH is 1. The molecule has 0 amide bonds. The van der Waals surface area contributed by atoms with E-state index in [1.165, 1.54) is 283 Å². The van der Waals surface area contributed by atoms with E-state index in [9.17, 15) is 4.79 Å². The number of unbranched alkanes of at least 4 members (excludes halogenated alkanes) is 44. The molecule has 0 aliphatic heterocycles. The highest BCUT2D eigenvalue weighted by Crippen LogP contribution is 2.17. The van der Waals surface area contributed by atoms with Gasteiger partial charge in [0, 0.05) is 13.0 Å². The molecule has 3 nitrogen and oxygen atoms in total. The van der Waals surface area contributed by atoms with Crippen molar-refractivity contribution >= 4 is 5.97 Å². The van der Waals surface area contributed by atoms with Gasteiger partial charge in [0.2, 0.25) is 0 Å². The van der Waals surface area contributed by atoms with Crippen LogP contribution in [0.5, 0.6) is 0 Å². The molecule has 0 unspecified atom stereocenters. The zero-order chi connectivity index (χ0) is 41.1. The van der Waals surface area contributed by atoms with Gasteiger partial charge in [0.15, 0.2) is 0 Å². The molecule has 1 N–H and O–H groups in total. The minimum Gasteiger partial charge on any atom is -0.466 e. The van der Waals surface area contributed by atoms with Gasteiger partial charge in [-0.25, -0.2) is 0 Å². The Morgan fingerprint density at radius 2 is 0.579 bits per heavy atom. The van der Waals surface area contributed by atoms with Gasteiger partial charge in [-0.1, -0.05) is 276 Å². The lowest BCUT2D eigenvalue weighted by molar-refractivity contribution is -0.143. The first kappa shape index (κ1) is 56.2. The Bertz CT molecular complexity index is 747. The van der Waals surface area contributed by atoms with Crippen LogP contribution in [0.1, 0.15) is 315 Å². The average Bonchev–Trinajstić information content (AvgIpc) is 3.22. The first-order valence-electron chi connectivity index (χ1n) is 26.7. The second kappa shape index (κ2) is 53.2. The first-order valence-corrected chi connectivity index (χ1v) is 26.7. The maximum absolute atomic E-state index is 12.1. The van der Waals surface area contributed by atoms with Crippen LogP contribution in [-0.2, 0) is 9.53 Å². The van der Waals surface area contributed by atoms with Crippen LogP contribution in [0.4, 0.5) is 0 Å². The zero-order valence-corrected chi connectivity index (χ0v) is 39.3. The van der Waals surface area contributed by atoms with Crippen molar-refractivity contribution < 1.29 is 14.6 Å². The summed E-state index contributed by atoms with van der Waals surface area (Å²) in [6.07, 6.45) is 69.5. The van der Waals surface area contributed by atoms with E-state index in [-0.39, 0.29) is 5.97 Å². The van der Waals surface area contributed by atoms with Crippen molar-refractivity contribution in [1.82, 2.24) is 0 Å². The van der Waals surface area contributed by atoms with Crippen molar-refractivity contribution in [1.29, 1.82) is 0 Å². The van der Waals surface area contributed by atoms with Gasteiger partial charge in [-0.05, 0) is 44.9 Å². The lowest BCUT2D eigenvalue weighted by Gasteiger charge is -2.06. The minimum atomic E-state index is 0.0260. The monoisotopic (exact) mass is 803 g/mol. The molecule has 0 rings (SSSR count). The van der Waals surface area contributed by atoms with E-state index in [4.69, 9.17) is 9.84 Å². The Morgan fingerprint density at radius 3 is 0.877 bits per heavy atom. The van der Waals surface area contributed by atoms with Crippen LogP contribution in [0.3, 0.4) is 0 Å². The largest absolute Gasteiger partial charge is 0.466 e. The molecule has 340 valence electrons. The van der Waals surface area contributed by atoms with Gasteiger partial charge in [0.1, 0.15) is 0 Å². The minimum absolute atomic E-state index is 0.0260. The molecule has 3 heteroatoms. The molecule has 0 aromatic heterocycles. The number of hydrogen-bond donors (Lipinski definition) is 1. The lowest BCUT2D eigenvalue weighted by Crippen LogP contribution is -2.05. The molecule has 0 spiro atoms. The standard InChI is InChI=1S/C54H106O3/c1-2-3-4-5-6-7-8-9-10-11-24-27-30-33-36-39-42-45-48-51-54(56)57-53-50-47-44-41-38-35-32-29-26-23-21-19-17-15-13-12-14-16-18-20-22-25-28-31-34-37-40-43-46-49-52-55/h9-10,55H,2-8,11-53H2,1H3. The van der Waals surface area contributed by atoms with E-state index < -0.39 is 0 Å². The quantitative estimate of drug-likeness (QED) is 0.0379. The van der Waals surface area contributed by atoms with Crippen LogP contribution in [0.2, 0.25) is 0 Å². The van der Waals surface area contributed by atoms with E-state index in [2.05, 4.69) is 19.1 Å². The fraction of sp³-hybridized carbons (Fsp3) is 0.944. The van der Waals surface area contributed by atoms with Crippen molar-refractivity contribution in [3.63, 3.8) is 0 Å². The first-order chi connectivity index (χ1) is 28.3. The lowest BCUT2D eigenvalue weighted by atomic mass is 10.0. The van der Waals surface area contributed by atoms with Crippen LogP contribution < -0.4 is 0 Å². The van der Waals surface area contributed by atoms with Crippen LogP contribution in [0.15, 0.2) is 12.2 Å². The number of esters is 1. The van der Waals surface area contributed by atoms with E-state index in [0.29, 0.717) is 19.6 Å². The summed E-state index contributed by atoms with van der Waals surface area (Å²) in [5.74, 6) is 0.0260. The molecule has 0 saturated carbocycles. The van der Waals surface area contributed by atoms with E-state index >= 15 is 0 Å². The van der Waals surface area contributed by atoms with Crippen molar-refractivity contribution in [2.45, 2.75) is 315 Å². The normalized spacial score (nSPS) is 11.7. The number of rotatable bonds is 51. The van der Waals surface area contributed by atoms with Gasteiger partial charge in [0.05, 0.1) is 6.61 Å². The predicted octanol–water partition coefficient (Wildman–Crippen LogP) is 18.8. The highest BCUT2D eigenvalue weighted by Gasteiger charge is 2.03. The summed E-state index contributed by atoms with van der Waals surface area (Å²) in [7, 11) is 0. The summed E-state index contributed by atoms with van der Waals surface area (Å²) in [5, 5.41) is 8.82. The van der Waals surface area contributed by atoms with E-state index in [0.717, 1.165) is 19.3 Å². The molecule has 0 saturated heterocycles. The maximum Gasteiger partial charge on any atom is 0.305 e. The Labute approximate surface area is 359 Å². The highest BCUT2D eigenvalue weighted by molar-refractivity contribution is 5.69. The molecule has 0 aromatic carbocycles. The van der Waals surface area contributed by atoms with Crippen LogP contribution in [0, 0.1) is 0 Å². The van der Waals surface area contributed by atoms with Crippen LogP contribution in [0.25, 0.3) is 0 Å². The second-order valence-corrected chi connectivity index (χ2v) is 18.3. The summed E-state index contributed by atoms with van der Waals surface area (Å²) in [5.41, 5.74) is 0. The van der Waals surface area contributed by atoms with Crippen LogP contribution in [-0.4, -0.2) is 24.3 Å². The SMILES string of the molecule is CCCCCCCCC=CCCCCCCCCCCCC(=O)OCCCCCCCCCCCCCCCCCCCCCCCCCCCCCCCCO. The number of hydrogen-bond acceptors (Lipinski definition) is 3. The molecule has 0 fully saturated rings. The third-order valence-corrected chi connectivity index (χ3v) is 12.5. The fourth-order valence-electron chi connectivity index (χ4n) is 8.47. The van der Waals surface area contributed by atoms with Gasteiger partial charge in [-0.3, -0.25) is 4.79 Å². The van der Waals surface area contributed by atoms with Crippen molar-refractivity contribution in [3.8, 4) is 0 Å². The molecule has 0 atom stereocenters. The van der Waals surface area contributed by atoms with Crippen LogP contribution >= 0.6 is 0 Å². The Morgan fingerprint density at radius 1 is 0.333 bits per heavy atom. The third kappa shape index (κ3) is 53.2. The maximum atomic E-state index is 12.1.